The number of halogens is 3. The third-order valence-corrected chi connectivity index (χ3v) is 5.73. The van der Waals surface area contributed by atoms with Crippen molar-refractivity contribution in [3.8, 4) is 16.9 Å². The number of phenolic OH excluding ortho intramolecular Hbond substituents is 1. The molecule has 188 valence electrons. The van der Waals surface area contributed by atoms with E-state index in [1.165, 1.54) is 18.2 Å². The largest absolute Gasteiger partial charge is 0.508 e. The van der Waals surface area contributed by atoms with Gasteiger partial charge in [0.15, 0.2) is 0 Å². The van der Waals surface area contributed by atoms with Crippen molar-refractivity contribution >= 4 is 17.4 Å². The van der Waals surface area contributed by atoms with E-state index in [1.54, 1.807) is 67.0 Å². The molecule has 6 nitrogen and oxygen atoms in total. The molecule has 0 spiro atoms. The second-order valence-electron chi connectivity index (χ2n) is 8.25. The smallest absolute Gasteiger partial charge is 0.416 e. The maximum atomic E-state index is 13.1. The predicted molar refractivity (Wildman–Crippen MR) is 136 cm³/mol. The Morgan fingerprint density at radius 1 is 0.946 bits per heavy atom. The van der Waals surface area contributed by atoms with Gasteiger partial charge in [-0.05, 0) is 35.9 Å². The second kappa shape index (κ2) is 10.9. The number of para-hydroxylation sites is 2. The van der Waals surface area contributed by atoms with Crippen LogP contribution in [0.2, 0.25) is 0 Å². The van der Waals surface area contributed by atoms with E-state index in [-0.39, 0.29) is 17.9 Å². The molecule has 0 bridgehead atoms. The van der Waals surface area contributed by atoms with Crippen molar-refractivity contribution in [2.75, 3.05) is 5.32 Å². The van der Waals surface area contributed by atoms with Gasteiger partial charge in [0.1, 0.15) is 5.75 Å². The van der Waals surface area contributed by atoms with Crippen molar-refractivity contribution in [1.82, 2.24) is 10.3 Å². The van der Waals surface area contributed by atoms with Crippen LogP contribution in [0.1, 0.15) is 29.2 Å². The highest BCUT2D eigenvalue weighted by atomic mass is 19.4. The van der Waals surface area contributed by atoms with Gasteiger partial charge in [-0.2, -0.15) is 13.2 Å². The number of carbonyl (C=O) groups excluding carboxylic acids is 1. The number of carbonyl (C=O) groups is 1. The zero-order valence-corrected chi connectivity index (χ0v) is 19.5. The topological polar surface area (TPSA) is 98.1 Å². The zero-order valence-electron chi connectivity index (χ0n) is 19.5. The van der Waals surface area contributed by atoms with Crippen molar-refractivity contribution in [3.63, 3.8) is 0 Å². The molecule has 0 aliphatic carbocycles. The van der Waals surface area contributed by atoms with Gasteiger partial charge in [-0.15, -0.1) is 0 Å². The zero-order chi connectivity index (χ0) is 26.4. The number of phenols is 1. The number of rotatable bonds is 7. The quantitative estimate of drug-likeness (QED) is 0.209. The summed E-state index contributed by atoms with van der Waals surface area (Å²) in [7, 11) is 0. The third kappa shape index (κ3) is 6.32. The number of amides is 2. The first-order valence-electron chi connectivity index (χ1n) is 11.3. The first-order chi connectivity index (χ1) is 17.7. The van der Waals surface area contributed by atoms with Gasteiger partial charge in [0, 0.05) is 41.2 Å². The lowest BCUT2D eigenvalue weighted by molar-refractivity contribution is -0.137. The van der Waals surface area contributed by atoms with E-state index >= 15 is 0 Å². The van der Waals surface area contributed by atoms with Gasteiger partial charge in [0.05, 0.1) is 17.3 Å². The van der Waals surface area contributed by atoms with E-state index in [9.17, 15) is 23.1 Å². The van der Waals surface area contributed by atoms with Crippen molar-refractivity contribution in [2.24, 2.45) is 0 Å². The number of benzene rings is 3. The summed E-state index contributed by atoms with van der Waals surface area (Å²) >= 11 is 0. The maximum Gasteiger partial charge on any atom is 0.416 e. The Balaban J connectivity index is 1.56. The van der Waals surface area contributed by atoms with E-state index in [4.69, 9.17) is 5.41 Å². The fraction of sp³-hybridized carbons (Fsp3) is 0.107. The minimum absolute atomic E-state index is 0.0306. The van der Waals surface area contributed by atoms with Crippen LogP contribution in [0.3, 0.4) is 0 Å². The highest BCUT2D eigenvalue weighted by Gasteiger charge is 2.30. The van der Waals surface area contributed by atoms with Gasteiger partial charge < -0.3 is 21.1 Å². The molecular weight excluding hydrogens is 481 g/mol. The Morgan fingerprint density at radius 3 is 2.32 bits per heavy atom. The number of nitrogens with one attached hydrogen (secondary N) is 3. The number of anilines is 1. The minimum atomic E-state index is -4.45. The Kier molecular flexibility index (Phi) is 7.52. The maximum absolute atomic E-state index is 13.1. The summed E-state index contributed by atoms with van der Waals surface area (Å²) in [6.45, 7) is 0. The van der Waals surface area contributed by atoms with Gasteiger partial charge in [0.25, 0.3) is 0 Å². The van der Waals surface area contributed by atoms with E-state index in [2.05, 4.69) is 15.6 Å². The number of nitrogens with zero attached hydrogens (tertiary/aromatic N) is 1. The molecular formula is C28H23F3N4O2. The monoisotopic (exact) mass is 504 g/mol. The Hall–Kier alpha value is -4.66. The summed E-state index contributed by atoms with van der Waals surface area (Å²) < 4.78 is 38.9. The van der Waals surface area contributed by atoms with Crippen molar-refractivity contribution in [2.45, 2.75) is 18.6 Å². The van der Waals surface area contributed by atoms with Crippen LogP contribution in [0.5, 0.6) is 5.75 Å². The summed E-state index contributed by atoms with van der Waals surface area (Å²) in [5, 5.41) is 24.4. The molecule has 4 rings (SSSR count). The van der Waals surface area contributed by atoms with E-state index < -0.39 is 23.8 Å². The molecule has 0 saturated heterocycles. The number of alkyl halides is 3. The molecule has 0 saturated carbocycles. The fourth-order valence-electron chi connectivity index (χ4n) is 3.88. The minimum Gasteiger partial charge on any atom is -0.508 e. The lowest BCUT2D eigenvalue weighted by Gasteiger charge is -2.21. The molecule has 3 aromatic carbocycles. The first-order valence-corrected chi connectivity index (χ1v) is 11.3. The molecule has 4 N–H and O–H groups in total. The molecule has 1 atom stereocenters. The van der Waals surface area contributed by atoms with Gasteiger partial charge in [0.2, 0.25) is 0 Å². The lowest BCUT2D eigenvalue weighted by atomic mass is 9.97. The number of hydrogen-bond donors (Lipinski definition) is 4. The average molecular weight is 505 g/mol. The number of hydrogen-bond acceptors (Lipinski definition) is 4. The summed E-state index contributed by atoms with van der Waals surface area (Å²) in [6.07, 6.45) is -1.23. The van der Waals surface area contributed by atoms with E-state index in [1.807, 2.05) is 0 Å². The van der Waals surface area contributed by atoms with Crippen LogP contribution in [-0.4, -0.2) is 21.8 Å². The highest BCUT2D eigenvalue weighted by molar-refractivity contribution is 5.99. The van der Waals surface area contributed by atoms with Gasteiger partial charge in [-0.25, -0.2) is 4.79 Å². The molecule has 0 fully saturated rings. The summed E-state index contributed by atoms with van der Waals surface area (Å²) in [5.74, 6) is -0.0306. The second-order valence-corrected chi connectivity index (χ2v) is 8.25. The normalized spacial score (nSPS) is 12.0. The first kappa shape index (κ1) is 25.4. The Morgan fingerprint density at radius 2 is 1.65 bits per heavy atom. The van der Waals surface area contributed by atoms with Gasteiger partial charge >= 0.3 is 12.2 Å². The Labute approximate surface area is 211 Å². The van der Waals surface area contributed by atoms with Gasteiger partial charge in [-0.1, -0.05) is 54.6 Å². The van der Waals surface area contributed by atoms with Crippen LogP contribution in [0.25, 0.3) is 11.1 Å². The molecule has 1 aromatic heterocycles. The van der Waals surface area contributed by atoms with Crippen LogP contribution >= 0.6 is 0 Å². The molecule has 1 heterocycles. The molecule has 37 heavy (non-hydrogen) atoms. The number of aromatic hydroxyl groups is 1. The van der Waals surface area contributed by atoms with Crippen LogP contribution in [-0.2, 0) is 6.18 Å². The lowest BCUT2D eigenvalue weighted by Crippen LogP contribution is -2.34. The number of aromatic nitrogens is 1. The standard InChI is InChI=1S/C28H23F3N4O2/c29-28(30,31)20-13-11-18(12-14-20)21-7-1-3-9-24(21)34-27(37)35-25(22-8-2-4-10-26(22)36)16-23(32)19-6-5-15-33-17-19/h1-15,17,25,32,36H,16H2,(H2,34,35,37). The molecule has 4 aromatic rings. The van der Waals surface area contributed by atoms with Crippen molar-refractivity contribution < 1.29 is 23.1 Å². The molecule has 0 aliphatic rings. The molecule has 0 radical (unpaired) electrons. The fourth-order valence-corrected chi connectivity index (χ4v) is 3.88. The molecule has 2 amide bonds. The van der Waals surface area contributed by atoms with E-state index in [0.717, 1.165) is 12.1 Å². The van der Waals surface area contributed by atoms with Gasteiger partial charge in [-0.3, -0.25) is 4.98 Å². The predicted octanol–water partition coefficient (Wildman–Crippen LogP) is 6.79. The number of urea groups is 1. The van der Waals surface area contributed by atoms with Crippen molar-refractivity contribution in [3.05, 3.63) is 114 Å². The molecule has 1 unspecified atom stereocenters. The van der Waals surface area contributed by atoms with Crippen molar-refractivity contribution in [1.29, 1.82) is 5.41 Å². The van der Waals surface area contributed by atoms with Crippen LogP contribution in [0.15, 0.2) is 97.3 Å². The number of pyridine rings is 1. The summed E-state index contributed by atoms with van der Waals surface area (Å²) in [5.41, 5.74) is 1.89. The molecule has 0 aliphatic heterocycles. The highest BCUT2D eigenvalue weighted by Crippen LogP contribution is 2.33. The molecule has 9 heteroatoms. The summed E-state index contributed by atoms with van der Waals surface area (Å²) in [6, 6.07) is 20.0. The van der Waals surface area contributed by atoms with E-state index in [0.29, 0.717) is 27.9 Å². The average Bonchev–Trinajstić information content (AvgIpc) is 2.89. The van der Waals surface area contributed by atoms with Crippen LogP contribution in [0.4, 0.5) is 23.7 Å². The Bertz CT molecular complexity index is 1390. The third-order valence-electron chi connectivity index (χ3n) is 5.73. The SMILES string of the molecule is N=C(CC(NC(=O)Nc1ccccc1-c1ccc(C(F)(F)F)cc1)c1ccccc1O)c1cccnc1. The van der Waals surface area contributed by atoms with Crippen LogP contribution in [0, 0.1) is 5.41 Å². The summed E-state index contributed by atoms with van der Waals surface area (Å²) in [4.78, 5) is 17.1. The van der Waals surface area contributed by atoms with Crippen LogP contribution < -0.4 is 10.6 Å².